The van der Waals surface area contributed by atoms with Gasteiger partial charge in [-0.1, -0.05) is 19.3 Å². The average molecular weight is 280 g/mol. The smallest absolute Gasteiger partial charge is 0.310 e. The van der Waals surface area contributed by atoms with Crippen LogP contribution < -0.4 is 0 Å². The second-order valence-corrected chi connectivity index (χ2v) is 6.53. The van der Waals surface area contributed by atoms with Gasteiger partial charge in [0.1, 0.15) is 5.54 Å². The van der Waals surface area contributed by atoms with E-state index in [0.29, 0.717) is 13.1 Å². The molecule has 2 saturated heterocycles. The SMILES string of the molecule is O=C(O)C1CN(C(=O)C2(N3CCCC3)CCCCC2)C1. The number of aliphatic carboxylic acids is 1. The van der Waals surface area contributed by atoms with Crippen molar-refractivity contribution in [3.8, 4) is 0 Å². The van der Waals surface area contributed by atoms with Gasteiger partial charge in [0.15, 0.2) is 0 Å². The van der Waals surface area contributed by atoms with E-state index >= 15 is 0 Å². The molecule has 0 atom stereocenters. The molecule has 1 amide bonds. The van der Waals surface area contributed by atoms with Crippen LogP contribution >= 0.6 is 0 Å². The van der Waals surface area contributed by atoms with E-state index in [0.717, 1.165) is 38.8 Å². The molecule has 1 N–H and O–H groups in total. The van der Waals surface area contributed by atoms with Gasteiger partial charge < -0.3 is 10.0 Å². The zero-order valence-electron chi connectivity index (χ0n) is 12.0. The van der Waals surface area contributed by atoms with E-state index in [9.17, 15) is 9.59 Å². The van der Waals surface area contributed by atoms with Crippen LogP contribution in [0.15, 0.2) is 0 Å². The minimum Gasteiger partial charge on any atom is -0.481 e. The Hall–Kier alpha value is -1.10. The molecule has 3 rings (SSSR count). The van der Waals surface area contributed by atoms with Gasteiger partial charge in [0.05, 0.1) is 5.92 Å². The molecule has 0 aromatic carbocycles. The molecule has 2 aliphatic heterocycles. The Labute approximate surface area is 119 Å². The van der Waals surface area contributed by atoms with E-state index in [1.54, 1.807) is 4.90 Å². The van der Waals surface area contributed by atoms with Crippen LogP contribution in [0.4, 0.5) is 0 Å². The van der Waals surface area contributed by atoms with Crippen LogP contribution in [0, 0.1) is 5.92 Å². The quantitative estimate of drug-likeness (QED) is 0.847. The van der Waals surface area contributed by atoms with Gasteiger partial charge in [-0.25, -0.2) is 0 Å². The van der Waals surface area contributed by atoms with Gasteiger partial charge in [0.2, 0.25) is 5.91 Å². The first-order chi connectivity index (χ1) is 9.63. The molecular weight excluding hydrogens is 256 g/mol. The number of carbonyl (C=O) groups is 2. The van der Waals surface area contributed by atoms with Gasteiger partial charge in [0.25, 0.3) is 0 Å². The Bertz CT molecular complexity index is 392. The molecule has 3 fully saturated rings. The highest BCUT2D eigenvalue weighted by atomic mass is 16.4. The van der Waals surface area contributed by atoms with Crippen molar-refractivity contribution in [1.29, 1.82) is 0 Å². The first-order valence-corrected chi connectivity index (χ1v) is 7.91. The predicted molar refractivity (Wildman–Crippen MR) is 74.3 cm³/mol. The minimum atomic E-state index is -0.770. The van der Waals surface area contributed by atoms with Gasteiger partial charge in [-0.2, -0.15) is 0 Å². The highest BCUT2D eigenvalue weighted by Gasteiger charge is 2.50. The number of hydrogen-bond acceptors (Lipinski definition) is 3. The maximum Gasteiger partial charge on any atom is 0.310 e. The topological polar surface area (TPSA) is 60.9 Å². The van der Waals surface area contributed by atoms with Gasteiger partial charge in [-0.3, -0.25) is 14.5 Å². The Morgan fingerprint density at radius 2 is 1.55 bits per heavy atom. The molecule has 0 unspecified atom stereocenters. The first-order valence-electron chi connectivity index (χ1n) is 7.91. The monoisotopic (exact) mass is 280 g/mol. The van der Waals surface area contributed by atoms with Crippen LogP contribution in [0.5, 0.6) is 0 Å². The summed E-state index contributed by atoms with van der Waals surface area (Å²) in [5.74, 6) is -0.914. The van der Waals surface area contributed by atoms with E-state index < -0.39 is 5.97 Å². The summed E-state index contributed by atoms with van der Waals surface area (Å²) in [5, 5.41) is 8.97. The van der Waals surface area contributed by atoms with E-state index in [2.05, 4.69) is 4.90 Å². The van der Waals surface area contributed by atoms with Crippen LogP contribution in [0.3, 0.4) is 0 Å². The molecule has 5 heteroatoms. The van der Waals surface area contributed by atoms with Gasteiger partial charge in [-0.05, 0) is 38.8 Å². The fourth-order valence-electron chi connectivity index (χ4n) is 4.04. The largest absolute Gasteiger partial charge is 0.481 e. The number of carboxylic acids is 1. The highest BCUT2D eigenvalue weighted by molar-refractivity contribution is 5.89. The number of nitrogens with zero attached hydrogens (tertiary/aromatic N) is 2. The Kier molecular flexibility index (Phi) is 3.71. The number of carboxylic acid groups (broad SMARTS) is 1. The minimum absolute atomic E-state index is 0.205. The Balaban J connectivity index is 1.72. The van der Waals surface area contributed by atoms with Crippen LogP contribution in [-0.4, -0.2) is 58.5 Å². The lowest BCUT2D eigenvalue weighted by molar-refractivity contribution is -0.160. The van der Waals surface area contributed by atoms with Crippen molar-refractivity contribution >= 4 is 11.9 Å². The summed E-state index contributed by atoms with van der Waals surface area (Å²) < 4.78 is 0. The van der Waals surface area contributed by atoms with Crippen molar-refractivity contribution in [2.24, 2.45) is 5.92 Å². The third-order valence-electron chi connectivity index (χ3n) is 5.31. The second-order valence-electron chi connectivity index (χ2n) is 6.53. The summed E-state index contributed by atoms with van der Waals surface area (Å²) in [6.07, 6.45) is 7.76. The zero-order valence-corrected chi connectivity index (χ0v) is 12.0. The predicted octanol–water partition coefficient (Wildman–Crippen LogP) is 1.33. The molecule has 0 aromatic rings. The number of likely N-dealkylation sites (tertiary alicyclic amines) is 2. The molecular formula is C15H24N2O3. The van der Waals surface area contributed by atoms with Crippen molar-refractivity contribution in [2.75, 3.05) is 26.2 Å². The third kappa shape index (κ3) is 2.22. The van der Waals surface area contributed by atoms with Crippen LogP contribution in [0.2, 0.25) is 0 Å². The molecule has 0 spiro atoms. The highest BCUT2D eigenvalue weighted by Crippen LogP contribution is 2.38. The molecule has 1 aliphatic carbocycles. The molecule has 0 radical (unpaired) electrons. The molecule has 3 aliphatic rings. The molecule has 2 heterocycles. The van der Waals surface area contributed by atoms with E-state index in [4.69, 9.17) is 5.11 Å². The number of amides is 1. The second kappa shape index (κ2) is 5.35. The van der Waals surface area contributed by atoms with Crippen LogP contribution in [0.25, 0.3) is 0 Å². The number of rotatable bonds is 3. The van der Waals surface area contributed by atoms with Crippen molar-refractivity contribution in [3.63, 3.8) is 0 Å². The van der Waals surface area contributed by atoms with E-state index in [1.807, 2.05) is 0 Å². The first kappa shape index (κ1) is 13.9. The van der Waals surface area contributed by atoms with Crippen molar-refractivity contribution < 1.29 is 14.7 Å². The molecule has 112 valence electrons. The van der Waals surface area contributed by atoms with Crippen molar-refractivity contribution in [1.82, 2.24) is 9.80 Å². The van der Waals surface area contributed by atoms with Gasteiger partial charge >= 0.3 is 5.97 Å². The maximum absolute atomic E-state index is 12.9. The molecule has 1 saturated carbocycles. The molecule has 0 aromatic heterocycles. The fourth-order valence-corrected chi connectivity index (χ4v) is 4.04. The summed E-state index contributed by atoms with van der Waals surface area (Å²) in [5.41, 5.74) is -0.307. The lowest BCUT2D eigenvalue weighted by Crippen LogP contribution is -2.65. The zero-order chi connectivity index (χ0) is 14.2. The molecule has 0 bridgehead atoms. The van der Waals surface area contributed by atoms with Gasteiger partial charge in [0, 0.05) is 13.1 Å². The van der Waals surface area contributed by atoms with Gasteiger partial charge in [-0.15, -0.1) is 0 Å². The molecule has 20 heavy (non-hydrogen) atoms. The van der Waals surface area contributed by atoms with Crippen LogP contribution in [-0.2, 0) is 9.59 Å². The normalized spacial score (nSPS) is 27.3. The fraction of sp³-hybridized carbons (Fsp3) is 0.867. The Morgan fingerprint density at radius 3 is 2.10 bits per heavy atom. The summed E-state index contributed by atoms with van der Waals surface area (Å²) in [6.45, 7) is 2.87. The summed E-state index contributed by atoms with van der Waals surface area (Å²) >= 11 is 0. The Morgan fingerprint density at radius 1 is 0.950 bits per heavy atom. The van der Waals surface area contributed by atoms with E-state index in [1.165, 1.54) is 19.3 Å². The average Bonchev–Trinajstić information content (AvgIpc) is 2.91. The molecule has 5 nitrogen and oxygen atoms in total. The van der Waals surface area contributed by atoms with Crippen molar-refractivity contribution in [2.45, 2.75) is 50.5 Å². The standard InChI is InChI=1S/C15H24N2O3/c18-13(19)12-10-16(11-12)14(20)15(6-2-1-3-7-15)17-8-4-5-9-17/h12H,1-11H2,(H,18,19). The number of hydrogen-bond donors (Lipinski definition) is 1. The maximum atomic E-state index is 12.9. The summed E-state index contributed by atoms with van der Waals surface area (Å²) in [4.78, 5) is 28.0. The lowest BCUT2D eigenvalue weighted by atomic mass is 9.78. The van der Waals surface area contributed by atoms with E-state index in [-0.39, 0.29) is 17.4 Å². The number of carbonyl (C=O) groups excluding carboxylic acids is 1. The van der Waals surface area contributed by atoms with Crippen LogP contribution in [0.1, 0.15) is 44.9 Å². The third-order valence-corrected chi connectivity index (χ3v) is 5.31. The lowest BCUT2D eigenvalue weighted by Gasteiger charge is -2.49. The van der Waals surface area contributed by atoms with Crippen molar-refractivity contribution in [3.05, 3.63) is 0 Å². The summed E-state index contributed by atoms with van der Waals surface area (Å²) in [7, 11) is 0. The summed E-state index contributed by atoms with van der Waals surface area (Å²) in [6, 6.07) is 0.